The molecule has 17 heavy (non-hydrogen) atoms. The topological polar surface area (TPSA) is 63.3 Å². The van der Waals surface area contributed by atoms with Crippen LogP contribution in [0.2, 0.25) is 0 Å². The maximum Gasteiger partial charge on any atom is 0.152 e. The van der Waals surface area contributed by atoms with Crippen LogP contribution in [0.4, 0.5) is 0 Å². The third-order valence-electron chi connectivity index (χ3n) is 2.92. The van der Waals surface area contributed by atoms with Gasteiger partial charge in [-0.1, -0.05) is 45.4 Å². The van der Waals surface area contributed by atoms with Crippen LogP contribution in [0.1, 0.15) is 58.3 Å². The third kappa shape index (κ3) is 11.2. The minimum atomic E-state index is -1.75. The first-order valence-corrected chi connectivity index (χ1v) is 8.26. The van der Waals surface area contributed by atoms with Crippen LogP contribution in [0, 0.1) is 0 Å². The van der Waals surface area contributed by atoms with Gasteiger partial charge in [0.25, 0.3) is 0 Å². The standard InChI is InChI=1S/C12H26ClNO2S/c1-2-3-4-5-6-7-8-12(14)11(13)9-10-17(15)16/h11-12H,2-10,14H2,1H3,(H,15,16). The van der Waals surface area contributed by atoms with Crippen molar-refractivity contribution in [2.24, 2.45) is 5.73 Å². The lowest BCUT2D eigenvalue weighted by molar-refractivity contribution is 0.509. The molecule has 3 nitrogen and oxygen atoms in total. The average molecular weight is 284 g/mol. The summed E-state index contributed by atoms with van der Waals surface area (Å²) in [4.78, 5) is 0. The van der Waals surface area contributed by atoms with Gasteiger partial charge in [-0.05, 0) is 12.8 Å². The van der Waals surface area contributed by atoms with E-state index in [1.807, 2.05) is 0 Å². The van der Waals surface area contributed by atoms with Crippen molar-refractivity contribution in [1.82, 2.24) is 0 Å². The van der Waals surface area contributed by atoms with Crippen LogP contribution in [0.15, 0.2) is 0 Å². The summed E-state index contributed by atoms with van der Waals surface area (Å²) in [6.07, 6.45) is 8.90. The lowest BCUT2D eigenvalue weighted by Crippen LogP contribution is -2.31. The van der Waals surface area contributed by atoms with Gasteiger partial charge in [0.1, 0.15) is 0 Å². The monoisotopic (exact) mass is 283 g/mol. The Bertz CT molecular complexity index is 205. The summed E-state index contributed by atoms with van der Waals surface area (Å²) in [5.74, 6) is 0.221. The Hall–Kier alpha value is 0.360. The van der Waals surface area contributed by atoms with Crippen molar-refractivity contribution in [3.05, 3.63) is 0 Å². The highest BCUT2D eigenvalue weighted by molar-refractivity contribution is 7.79. The Balaban J connectivity index is 3.43. The molecule has 0 saturated carbocycles. The van der Waals surface area contributed by atoms with E-state index in [9.17, 15) is 4.21 Å². The lowest BCUT2D eigenvalue weighted by Gasteiger charge is -2.17. The molecule has 0 spiro atoms. The molecule has 0 amide bonds. The minimum Gasteiger partial charge on any atom is -0.326 e. The van der Waals surface area contributed by atoms with Crippen LogP contribution in [-0.2, 0) is 11.1 Å². The third-order valence-corrected chi connectivity index (χ3v) is 4.05. The maximum absolute atomic E-state index is 10.5. The van der Waals surface area contributed by atoms with E-state index in [0.717, 1.165) is 12.8 Å². The number of nitrogens with two attached hydrogens (primary N) is 1. The quantitative estimate of drug-likeness (QED) is 0.347. The van der Waals surface area contributed by atoms with Gasteiger partial charge < -0.3 is 10.3 Å². The summed E-state index contributed by atoms with van der Waals surface area (Å²) in [5.41, 5.74) is 5.93. The molecule has 0 rings (SSSR count). The zero-order valence-corrected chi connectivity index (χ0v) is 12.3. The molecule has 0 fully saturated rings. The smallest absolute Gasteiger partial charge is 0.152 e. The normalized spacial score (nSPS) is 16.7. The van der Waals surface area contributed by atoms with Crippen molar-refractivity contribution >= 4 is 22.7 Å². The second-order valence-electron chi connectivity index (χ2n) is 4.55. The molecule has 0 radical (unpaired) electrons. The first-order valence-electron chi connectivity index (χ1n) is 6.55. The number of unbranched alkanes of at least 4 members (excludes halogenated alkanes) is 5. The van der Waals surface area contributed by atoms with Crippen molar-refractivity contribution in [1.29, 1.82) is 0 Å². The number of rotatable bonds is 11. The highest BCUT2D eigenvalue weighted by Crippen LogP contribution is 2.14. The fraction of sp³-hybridized carbons (Fsp3) is 1.00. The largest absolute Gasteiger partial charge is 0.326 e. The second kappa shape index (κ2) is 11.5. The fourth-order valence-corrected chi connectivity index (χ4v) is 2.59. The number of halogens is 1. The SMILES string of the molecule is CCCCCCCCC(N)C(Cl)CCS(=O)O. The maximum atomic E-state index is 10.5. The fourth-order valence-electron chi connectivity index (χ4n) is 1.77. The Morgan fingerprint density at radius 2 is 1.76 bits per heavy atom. The van der Waals surface area contributed by atoms with Gasteiger partial charge in [0, 0.05) is 11.4 Å². The Labute approximate surface area is 113 Å². The Kier molecular flexibility index (Phi) is 11.7. The van der Waals surface area contributed by atoms with E-state index < -0.39 is 11.1 Å². The summed E-state index contributed by atoms with van der Waals surface area (Å²) in [5, 5.41) is -0.179. The Morgan fingerprint density at radius 1 is 1.18 bits per heavy atom. The summed E-state index contributed by atoms with van der Waals surface area (Å²) < 4.78 is 19.2. The number of hydrogen-bond donors (Lipinski definition) is 2. The van der Waals surface area contributed by atoms with E-state index in [-0.39, 0.29) is 17.2 Å². The highest BCUT2D eigenvalue weighted by Gasteiger charge is 2.15. The zero-order valence-electron chi connectivity index (χ0n) is 10.7. The van der Waals surface area contributed by atoms with E-state index in [4.69, 9.17) is 21.9 Å². The van der Waals surface area contributed by atoms with Crippen molar-refractivity contribution in [3.63, 3.8) is 0 Å². The van der Waals surface area contributed by atoms with Crippen LogP contribution >= 0.6 is 11.6 Å². The molecule has 0 bridgehead atoms. The molecule has 0 aliphatic heterocycles. The van der Waals surface area contributed by atoms with Gasteiger partial charge in [-0.15, -0.1) is 11.6 Å². The molecule has 5 heteroatoms. The second-order valence-corrected chi connectivity index (χ2v) is 6.16. The van der Waals surface area contributed by atoms with E-state index in [2.05, 4.69) is 6.92 Å². The summed E-state index contributed by atoms with van der Waals surface area (Å²) in [6, 6.07) is -0.0496. The molecule has 0 saturated heterocycles. The number of hydrogen-bond acceptors (Lipinski definition) is 2. The predicted molar refractivity (Wildman–Crippen MR) is 75.9 cm³/mol. The highest BCUT2D eigenvalue weighted by atomic mass is 35.5. The molecule has 0 aromatic rings. The van der Waals surface area contributed by atoms with E-state index in [1.54, 1.807) is 0 Å². The van der Waals surface area contributed by atoms with E-state index in [1.165, 1.54) is 32.1 Å². The number of alkyl halides is 1. The molecule has 0 aromatic heterocycles. The molecular formula is C12H26ClNO2S. The molecule has 3 atom stereocenters. The molecule has 0 aliphatic rings. The van der Waals surface area contributed by atoms with Gasteiger partial charge in [0.2, 0.25) is 0 Å². The lowest BCUT2D eigenvalue weighted by atomic mass is 10.0. The van der Waals surface area contributed by atoms with E-state index in [0.29, 0.717) is 6.42 Å². The van der Waals surface area contributed by atoms with Gasteiger partial charge in [0.15, 0.2) is 11.1 Å². The van der Waals surface area contributed by atoms with Gasteiger partial charge in [-0.3, -0.25) is 0 Å². The van der Waals surface area contributed by atoms with Crippen molar-refractivity contribution in [3.8, 4) is 0 Å². The summed E-state index contributed by atoms with van der Waals surface area (Å²) in [7, 11) is 0. The zero-order chi connectivity index (χ0) is 13.1. The molecular weight excluding hydrogens is 258 g/mol. The van der Waals surface area contributed by atoms with Gasteiger partial charge in [0.05, 0.1) is 5.75 Å². The molecule has 0 aromatic carbocycles. The molecule has 3 N–H and O–H groups in total. The van der Waals surface area contributed by atoms with Gasteiger partial charge >= 0.3 is 0 Å². The predicted octanol–water partition coefficient (Wildman–Crippen LogP) is 3.28. The molecule has 3 unspecified atom stereocenters. The van der Waals surface area contributed by atoms with Crippen LogP contribution in [0.3, 0.4) is 0 Å². The first-order chi connectivity index (χ1) is 8.07. The van der Waals surface area contributed by atoms with Crippen molar-refractivity contribution in [2.75, 3.05) is 5.75 Å². The van der Waals surface area contributed by atoms with Crippen LogP contribution in [0.25, 0.3) is 0 Å². The molecule has 0 aliphatic carbocycles. The first kappa shape index (κ1) is 17.4. The summed E-state index contributed by atoms with van der Waals surface area (Å²) in [6.45, 7) is 2.21. The van der Waals surface area contributed by atoms with Crippen LogP contribution in [0.5, 0.6) is 0 Å². The summed E-state index contributed by atoms with van der Waals surface area (Å²) >= 11 is 4.31. The van der Waals surface area contributed by atoms with Crippen molar-refractivity contribution in [2.45, 2.75) is 69.7 Å². The minimum absolute atomic E-state index is 0.0496. The van der Waals surface area contributed by atoms with Gasteiger partial charge in [-0.2, -0.15) is 0 Å². The average Bonchev–Trinajstić information content (AvgIpc) is 2.30. The van der Waals surface area contributed by atoms with E-state index >= 15 is 0 Å². The van der Waals surface area contributed by atoms with Crippen LogP contribution in [-0.4, -0.2) is 25.9 Å². The van der Waals surface area contributed by atoms with Crippen molar-refractivity contribution < 1.29 is 8.76 Å². The Morgan fingerprint density at radius 3 is 2.35 bits per heavy atom. The van der Waals surface area contributed by atoms with Crippen LogP contribution < -0.4 is 5.73 Å². The van der Waals surface area contributed by atoms with Gasteiger partial charge in [-0.25, -0.2) is 4.21 Å². The molecule has 0 heterocycles. The molecule has 104 valence electrons.